The molecule has 3 aromatic carbocycles. The maximum Gasteiger partial charge on any atom is 0.262 e. The number of ether oxygens (including phenoxy) is 1. The summed E-state index contributed by atoms with van der Waals surface area (Å²) in [5.74, 6) is 0.984. The third kappa shape index (κ3) is 4.66. The number of rotatable bonds is 6. The fraction of sp³-hybridized carbons (Fsp3) is 0.167. The number of carbonyl (C=O) groups is 2. The largest absolute Gasteiger partial charge is 0.484 e. The van der Waals surface area contributed by atoms with Crippen LogP contribution in [0.5, 0.6) is 5.75 Å². The summed E-state index contributed by atoms with van der Waals surface area (Å²) >= 11 is 1.61. The first-order chi connectivity index (χ1) is 14.6. The first-order valence-corrected chi connectivity index (χ1v) is 10.7. The lowest BCUT2D eigenvalue weighted by molar-refractivity contribution is -0.118. The summed E-state index contributed by atoms with van der Waals surface area (Å²) in [7, 11) is 0. The van der Waals surface area contributed by atoms with Crippen molar-refractivity contribution in [3.8, 4) is 5.75 Å². The SMILES string of the molecule is Cc1ccc(N2C(=O)CS[C@@H]2c2ccc(NC(=O)COc3ccccc3)cc2)cc1. The lowest BCUT2D eigenvalue weighted by Gasteiger charge is -2.24. The van der Waals surface area contributed by atoms with Crippen molar-refractivity contribution in [3.05, 3.63) is 90.0 Å². The molecule has 152 valence electrons. The maximum atomic E-state index is 12.5. The summed E-state index contributed by atoms with van der Waals surface area (Å²) in [6.45, 7) is 1.97. The molecule has 0 bridgehead atoms. The molecule has 6 heteroatoms. The van der Waals surface area contributed by atoms with Crippen LogP contribution in [0, 0.1) is 6.92 Å². The van der Waals surface area contributed by atoms with Gasteiger partial charge in [0.2, 0.25) is 5.91 Å². The molecule has 3 aromatic rings. The van der Waals surface area contributed by atoms with E-state index in [1.165, 1.54) is 0 Å². The zero-order valence-electron chi connectivity index (χ0n) is 16.6. The first kappa shape index (κ1) is 20.0. The number of anilines is 2. The van der Waals surface area contributed by atoms with Gasteiger partial charge in [0.15, 0.2) is 6.61 Å². The minimum atomic E-state index is -0.224. The van der Waals surface area contributed by atoms with Crippen molar-refractivity contribution in [1.82, 2.24) is 0 Å². The number of nitrogens with one attached hydrogen (secondary N) is 1. The summed E-state index contributed by atoms with van der Waals surface area (Å²) < 4.78 is 5.47. The molecule has 4 rings (SSSR count). The Bertz CT molecular complexity index is 1020. The van der Waals surface area contributed by atoms with Gasteiger partial charge < -0.3 is 10.1 Å². The molecule has 5 nitrogen and oxygen atoms in total. The molecule has 0 aliphatic carbocycles. The molecule has 1 atom stereocenters. The zero-order chi connectivity index (χ0) is 20.9. The van der Waals surface area contributed by atoms with Gasteiger partial charge in [-0.25, -0.2) is 0 Å². The van der Waals surface area contributed by atoms with Gasteiger partial charge in [0.1, 0.15) is 11.1 Å². The molecular formula is C24H22N2O3S. The van der Waals surface area contributed by atoms with Gasteiger partial charge in [0.05, 0.1) is 5.75 Å². The number of carbonyl (C=O) groups excluding carboxylic acids is 2. The summed E-state index contributed by atoms with van der Waals surface area (Å²) in [5.41, 5.74) is 3.77. The van der Waals surface area contributed by atoms with Crippen LogP contribution < -0.4 is 15.0 Å². The van der Waals surface area contributed by atoms with Crippen LogP contribution in [0.2, 0.25) is 0 Å². The maximum absolute atomic E-state index is 12.5. The monoisotopic (exact) mass is 418 g/mol. The van der Waals surface area contributed by atoms with Gasteiger partial charge in [-0.15, -0.1) is 11.8 Å². The fourth-order valence-electron chi connectivity index (χ4n) is 3.25. The van der Waals surface area contributed by atoms with Gasteiger partial charge in [-0.3, -0.25) is 14.5 Å². The number of thioether (sulfide) groups is 1. The number of benzene rings is 3. The standard InChI is InChI=1S/C24H22N2O3S/c1-17-7-13-20(14-8-17)26-23(28)16-30-24(26)18-9-11-19(12-10-18)25-22(27)15-29-21-5-3-2-4-6-21/h2-14,24H,15-16H2,1H3,(H,25,27)/t24-/m1/s1. The number of amides is 2. The van der Waals surface area contributed by atoms with Crippen LogP contribution >= 0.6 is 11.8 Å². The van der Waals surface area contributed by atoms with Gasteiger partial charge in [-0.05, 0) is 48.9 Å². The molecule has 0 unspecified atom stereocenters. The predicted octanol–water partition coefficient (Wildman–Crippen LogP) is 4.79. The molecule has 0 spiro atoms. The van der Waals surface area contributed by atoms with Crippen LogP contribution in [0.3, 0.4) is 0 Å². The molecule has 2 amide bonds. The minimum Gasteiger partial charge on any atom is -0.484 e. The number of hydrogen-bond donors (Lipinski definition) is 1. The Balaban J connectivity index is 1.40. The van der Waals surface area contributed by atoms with Crippen LogP contribution in [0.25, 0.3) is 0 Å². The van der Waals surface area contributed by atoms with Crippen molar-refractivity contribution < 1.29 is 14.3 Å². The summed E-state index contributed by atoms with van der Waals surface area (Å²) in [6, 6.07) is 24.8. The topological polar surface area (TPSA) is 58.6 Å². The van der Waals surface area contributed by atoms with Crippen molar-refractivity contribution in [3.63, 3.8) is 0 Å². The minimum absolute atomic E-state index is 0.0556. The van der Waals surface area contributed by atoms with Crippen molar-refractivity contribution in [2.24, 2.45) is 0 Å². The highest BCUT2D eigenvalue weighted by Gasteiger charge is 2.33. The predicted molar refractivity (Wildman–Crippen MR) is 121 cm³/mol. The quantitative estimate of drug-likeness (QED) is 0.625. The lowest BCUT2D eigenvalue weighted by atomic mass is 10.1. The summed E-state index contributed by atoms with van der Waals surface area (Å²) in [5, 5.41) is 2.76. The second kappa shape index (κ2) is 9.05. The Morgan fingerprint density at radius 3 is 2.43 bits per heavy atom. The van der Waals surface area contributed by atoms with E-state index in [1.807, 2.05) is 90.7 Å². The van der Waals surface area contributed by atoms with E-state index in [2.05, 4.69) is 5.32 Å². The van der Waals surface area contributed by atoms with E-state index in [1.54, 1.807) is 11.8 Å². The van der Waals surface area contributed by atoms with Gasteiger partial charge in [0.25, 0.3) is 5.91 Å². The van der Waals surface area contributed by atoms with Gasteiger partial charge >= 0.3 is 0 Å². The van der Waals surface area contributed by atoms with E-state index in [-0.39, 0.29) is 23.8 Å². The third-order valence-electron chi connectivity index (χ3n) is 4.77. The van der Waals surface area contributed by atoms with E-state index in [4.69, 9.17) is 4.74 Å². The lowest BCUT2D eigenvalue weighted by Crippen LogP contribution is -2.27. The smallest absolute Gasteiger partial charge is 0.262 e. The Hall–Kier alpha value is -3.25. The van der Waals surface area contributed by atoms with Crippen LogP contribution in [0.1, 0.15) is 16.5 Å². The van der Waals surface area contributed by atoms with Gasteiger partial charge in [-0.1, -0.05) is 48.0 Å². The molecule has 1 heterocycles. The third-order valence-corrected chi connectivity index (χ3v) is 5.99. The van der Waals surface area contributed by atoms with Gasteiger partial charge in [0, 0.05) is 11.4 Å². The Kier molecular flexibility index (Phi) is 6.05. The average Bonchev–Trinajstić information content (AvgIpc) is 3.15. The summed E-state index contributed by atoms with van der Waals surface area (Å²) in [6.07, 6.45) is 0. The molecule has 0 aromatic heterocycles. The Labute approximate surface area is 180 Å². The van der Waals surface area contributed by atoms with E-state index in [0.29, 0.717) is 17.2 Å². The normalized spacial score (nSPS) is 15.8. The summed E-state index contributed by atoms with van der Waals surface area (Å²) in [4.78, 5) is 26.5. The van der Waals surface area contributed by atoms with Crippen LogP contribution in [0.4, 0.5) is 11.4 Å². The van der Waals surface area contributed by atoms with Crippen molar-refractivity contribution in [1.29, 1.82) is 0 Å². The molecule has 0 saturated carbocycles. The molecule has 30 heavy (non-hydrogen) atoms. The molecule has 1 aliphatic rings. The Morgan fingerprint density at radius 2 is 1.73 bits per heavy atom. The molecule has 1 aliphatic heterocycles. The number of para-hydroxylation sites is 1. The van der Waals surface area contributed by atoms with E-state index < -0.39 is 0 Å². The number of aryl methyl sites for hydroxylation is 1. The molecule has 0 radical (unpaired) electrons. The second-order valence-electron chi connectivity index (χ2n) is 7.03. The van der Waals surface area contributed by atoms with Crippen molar-refractivity contribution in [2.45, 2.75) is 12.3 Å². The molecule has 1 saturated heterocycles. The average molecular weight is 419 g/mol. The highest BCUT2D eigenvalue weighted by Crippen LogP contribution is 2.41. The molecular weight excluding hydrogens is 396 g/mol. The molecule has 1 fully saturated rings. The fourth-order valence-corrected chi connectivity index (χ4v) is 4.43. The molecule has 1 N–H and O–H groups in total. The highest BCUT2D eigenvalue weighted by molar-refractivity contribution is 8.00. The van der Waals surface area contributed by atoms with Crippen LogP contribution in [-0.4, -0.2) is 24.2 Å². The van der Waals surface area contributed by atoms with Crippen molar-refractivity contribution in [2.75, 3.05) is 22.6 Å². The van der Waals surface area contributed by atoms with Crippen LogP contribution in [0.15, 0.2) is 78.9 Å². The second-order valence-corrected chi connectivity index (χ2v) is 8.10. The van der Waals surface area contributed by atoms with E-state index in [0.717, 1.165) is 16.8 Å². The Morgan fingerprint density at radius 1 is 1.03 bits per heavy atom. The van der Waals surface area contributed by atoms with Crippen molar-refractivity contribution >= 4 is 35.0 Å². The van der Waals surface area contributed by atoms with Gasteiger partial charge in [-0.2, -0.15) is 0 Å². The van der Waals surface area contributed by atoms with Crippen LogP contribution in [-0.2, 0) is 9.59 Å². The first-order valence-electron chi connectivity index (χ1n) is 9.68. The number of nitrogens with zero attached hydrogens (tertiary/aromatic N) is 1. The highest BCUT2D eigenvalue weighted by atomic mass is 32.2. The number of hydrogen-bond acceptors (Lipinski definition) is 4. The zero-order valence-corrected chi connectivity index (χ0v) is 17.4. The van der Waals surface area contributed by atoms with E-state index in [9.17, 15) is 9.59 Å². The van der Waals surface area contributed by atoms with E-state index >= 15 is 0 Å².